The van der Waals surface area contributed by atoms with Gasteiger partial charge in [0.05, 0.1) is 12.6 Å². The quantitative estimate of drug-likeness (QED) is 0.799. The number of nitrogens with one attached hydrogen (secondary N) is 1. The van der Waals surface area contributed by atoms with Crippen LogP contribution in [0.3, 0.4) is 0 Å². The van der Waals surface area contributed by atoms with Gasteiger partial charge >= 0.3 is 0 Å². The molecule has 26 heavy (non-hydrogen) atoms. The summed E-state index contributed by atoms with van der Waals surface area (Å²) in [6.45, 7) is 8.91. The molecule has 1 N–H and O–H groups in total. The summed E-state index contributed by atoms with van der Waals surface area (Å²) >= 11 is 5.74. The molecule has 2 heterocycles. The topological polar surface area (TPSA) is 33.7 Å². The fraction of sp³-hybridized carbons (Fsp3) is 0.381. The molecule has 2 aromatic rings. The Morgan fingerprint density at radius 2 is 2.00 bits per heavy atom. The fourth-order valence-corrected chi connectivity index (χ4v) is 4.54. The van der Waals surface area contributed by atoms with Gasteiger partial charge in [-0.3, -0.25) is 4.90 Å². The number of rotatable bonds is 3. The molecule has 4 nitrogen and oxygen atoms in total. The maximum atomic E-state index is 6.56. The molecule has 0 radical (unpaired) electrons. The van der Waals surface area contributed by atoms with Gasteiger partial charge in [-0.15, -0.1) is 0 Å². The maximum absolute atomic E-state index is 6.56. The van der Waals surface area contributed by atoms with Gasteiger partial charge in [0, 0.05) is 17.7 Å². The molecule has 2 unspecified atom stereocenters. The molecule has 1 fully saturated rings. The van der Waals surface area contributed by atoms with Gasteiger partial charge in [0.25, 0.3) is 0 Å². The highest BCUT2D eigenvalue weighted by atomic mass is 32.1. The van der Waals surface area contributed by atoms with Crippen molar-refractivity contribution in [2.45, 2.75) is 45.9 Å². The molecule has 4 rings (SSSR count). The molecular formula is C21H24N2O2S. The van der Waals surface area contributed by atoms with Crippen molar-refractivity contribution in [3.8, 4) is 11.5 Å². The van der Waals surface area contributed by atoms with Crippen molar-refractivity contribution in [1.29, 1.82) is 0 Å². The van der Waals surface area contributed by atoms with Crippen LogP contribution in [0.1, 0.15) is 43.0 Å². The van der Waals surface area contributed by atoms with Crippen LogP contribution in [-0.4, -0.2) is 17.4 Å². The number of fused-ring (bicyclic) bond motifs is 4. The van der Waals surface area contributed by atoms with E-state index < -0.39 is 5.72 Å². The zero-order chi connectivity index (χ0) is 18.5. The summed E-state index contributed by atoms with van der Waals surface area (Å²) in [6, 6.07) is 12.7. The monoisotopic (exact) mass is 368 g/mol. The molecule has 0 aliphatic carbocycles. The van der Waals surface area contributed by atoms with E-state index in [0.29, 0.717) is 11.7 Å². The number of ether oxygens (including phenoxy) is 2. The summed E-state index contributed by atoms with van der Waals surface area (Å²) in [4.78, 5) is 2.10. The number of anilines is 1. The first-order chi connectivity index (χ1) is 12.4. The summed E-state index contributed by atoms with van der Waals surface area (Å²) in [6.07, 6.45) is 0.808. The second kappa shape index (κ2) is 6.16. The van der Waals surface area contributed by atoms with Crippen LogP contribution in [0.2, 0.25) is 0 Å². The molecule has 2 aromatic carbocycles. The Balaban J connectivity index is 1.82. The van der Waals surface area contributed by atoms with E-state index in [2.05, 4.69) is 55.3 Å². The molecule has 2 aliphatic rings. The molecule has 2 bridgehead atoms. The smallest absolute Gasteiger partial charge is 0.188 e. The van der Waals surface area contributed by atoms with Crippen LogP contribution >= 0.6 is 12.2 Å². The molecule has 0 saturated carbocycles. The van der Waals surface area contributed by atoms with Crippen molar-refractivity contribution in [2.24, 2.45) is 0 Å². The van der Waals surface area contributed by atoms with Gasteiger partial charge in [-0.25, -0.2) is 0 Å². The second-order valence-electron chi connectivity index (χ2n) is 7.27. The predicted molar refractivity (Wildman–Crippen MR) is 108 cm³/mol. The summed E-state index contributed by atoms with van der Waals surface area (Å²) in [7, 11) is 0. The molecule has 2 atom stereocenters. The normalized spacial score (nSPS) is 23.8. The average Bonchev–Trinajstić information content (AvgIpc) is 2.54. The number of benzene rings is 2. The minimum atomic E-state index is -0.562. The Morgan fingerprint density at radius 3 is 2.69 bits per heavy atom. The molecule has 2 aliphatic heterocycles. The lowest BCUT2D eigenvalue weighted by Gasteiger charge is -2.52. The number of hydrogen-bond donors (Lipinski definition) is 1. The van der Waals surface area contributed by atoms with E-state index in [1.807, 2.05) is 19.1 Å². The number of hydrogen-bond acceptors (Lipinski definition) is 3. The zero-order valence-electron chi connectivity index (χ0n) is 15.6. The Hall–Kier alpha value is -2.27. The average molecular weight is 369 g/mol. The van der Waals surface area contributed by atoms with Crippen molar-refractivity contribution in [3.63, 3.8) is 0 Å². The second-order valence-corrected chi connectivity index (χ2v) is 7.66. The van der Waals surface area contributed by atoms with E-state index in [1.165, 1.54) is 11.1 Å². The predicted octanol–water partition coefficient (Wildman–Crippen LogP) is 4.64. The molecule has 5 heteroatoms. The largest absolute Gasteiger partial charge is 0.490 e. The van der Waals surface area contributed by atoms with Crippen molar-refractivity contribution in [2.75, 3.05) is 11.5 Å². The highest BCUT2D eigenvalue weighted by Gasteiger charge is 2.49. The molecule has 0 amide bonds. The Bertz CT molecular complexity index is 862. The van der Waals surface area contributed by atoms with Gasteiger partial charge < -0.3 is 14.8 Å². The van der Waals surface area contributed by atoms with Crippen molar-refractivity contribution >= 4 is 23.0 Å². The lowest BCUT2D eigenvalue weighted by Crippen LogP contribution is -2.65. The van der Waals surface area contributed by atoms with Gasteiger partial charge in [-0.1, -0.05) is 18.2 Å². The minimum absolute atomic E-state index is 0.124. The van der Waals surface area contributed by atoms with E-state index in [4.69, 9.17) is 21.7 Å². The number of aryl methyl sites for hydroxylation is 2. The summed E-state index contributed by atoms with van der Waals surface area (Å²) in [5.41, 5.74) is 4.02. The molecule has 0 spiro atoms. The van der Waals surface area contributed by atoms with E-state index in [-0.39, 0.29) is 6.04 Å². The first kappa shape index (κ1) is 17.2. The van der Waals surface area contributed by atoms with Crippen LogP contribution in [0.15, 0.2) is 36.4 Å². The third-order valence-electron chi connectivity index (χ3n) is 5.03. The van der Waals surface area contributed by atoms with E-state index >= 15 is 0 Å². The first-order valence-corrected chi connectivity index (χ1v) is 9.46. The molecule has 136 valence electrons. The van der Waals surface area contributed by atoms with E-state index in [0.717, 1.165) is 29.2 Å². The van der Waals surface area contributed by atoms with Crippen LogP contribution in [-0.2, 0) is 0 Å². The van der Waals surface area contributed by atoms with Crippen molar-refractivity contribution in [3.05, 3.63) is 53.1 Å². The van der Waals surface area contributed by atoms with Crippen LogP contribution in [0.25, 0.3) is 0 Å². The van der Waals surface area contributed by atoms with Crippen molar-refractivity contribution < 1.29 is 9.47 Å². The Labute approximate surface area is 160 Å². The van der Waals surface area contributed by atoms with Crippen LogP contribution < -0.4 is 19.7 Å². The molecule has 1 saturated heterocycles. The Morgan fingerprint density at radius 1 is 1.27 bits per heavy atom. The van der Waals surface area contributed by atoms with E-state index in [1.54, 1.807) is 0 Å². The van der Waals surface area contributed by atoms with Crippen LogP contribution in [0, 0.1) is 13.8 Å². The minimum Gasteiger partial charge on any atom is -0.490 e. The van der Waals surface area contributed by atoms with Gasteiger partial charge in [0.1, 0.15) is 0 Å². The van der Waals surface area contributed by atoms with Gasteiger partial charge in [0.2, 0.25) is 0 Å². The highest BCUT2D eigenvalue weighted by molar-refractivity contribution is 7.80. The summed E-state index contributed by atoms with van der Waals surface area (Å²) < 4.78 is 12.4. The number of nitrogens with zero attached hydrogens (tertiary/aromatic N) is 1. The number of thiocarbonyl (C=S) groups is 1. The lowest BCUT2D eigenvalue weighted by atomic mass is 9.90. The Kier molecular flexibility index (Phi) is 4.07. The molecular weight excluding hydrogens is 344 g/mol. The van der Waals surface area contributed by atoms with Crippen LogP contribution in [0.5, 0.6) is 11.5 Å². The van der Waals surface area contributed by atoms with Gasteiger partial charge in [-0.2, -0.15) is 0 Å². The standard InChI is InChI=1S/C21H24N2O2S/c1-5-24-18-8-6-7-16-17-12-21(4,25-19(16)18)23(20(26)22-17)15-10-13(2)9-14(3)11-15/h6-11,17H,5,12H2,1-4H3,(H,22,26). The highest BCUT2D eigenvalue weighted by Crippen LogP contribution is 2.49. The SMILES string of the molecule is CCOc1cccc2c1OC1(C)CC2NC(=S)N1c1cc(C)cc(C)c1. The van der Waals surface area contributed by atoms with Gasteiger partial charge in [-0.05, 0) is 69.2 Å². The van der Waals surface area contributed by atoms with Crippen molar-refractivity contribution in [1.82, 2.24) is 5.32 Å². The first-order valence-electron chi connectivity index (χ1n) is 9.05. The summed E-state index contributed by atoms with van der Waals surface area (Å²) in [5.74, 6) is 1.60. The third-order valence-corrected chi connectivity index (χ3v) is 5.33. The lowest BCUT2D eigenvalue weighted by molar-refractivity contribution is 0.0457. The zero-order valence-corrected chi connectivity index (χ0v) is 16.4. The van der Waals surface area contributed by atoms with Crippen LogP contribution in [0.4, 0.5) is 5.69 Å². The number of para-hydroxylation sites is 1. The summed E-state index contributed by atoms with van der Waals surface area (Å²) in [5, 5.41) is 4.20. The third kappa shape index (κ3) is 2.71. The fourth-order valence-electron chi connectivity index (χ4n) is 4.10. The van der Waals surface area contributed by atoms with Gasteiger partial charge in [0.15, 0.2) is 22.3 Å². The molecule has 0 aromatic heterocycles. The maximum Gasteiger partial charge on any atom is 0.188 e. The van der Waals surface area contributed by atoms with E-state index in [9.17, 15) is 0 Å².